The Morgan fingerprint density at radius 3 is 1.80 bits per heavy atom. The third-order valence-electron chi connectivity index (χ3n) is 5.61. The SMILES string of the molecule is [2H]C1=C(c2ccccc2)C(c2ccccc2)=C([Si](C)(C)C#Cc2ccccc2)[Si]1(C)C. The van der Waals surface area contributed by atoms with Gasteiger partial charge in [0.2, 0.25) is 0 Å². The smallest absolute Gasteiger partial charge is 0.121 e. The molecular weight excluding hydrogens is 392 g/mol. The van der Waals surface area contributed by atoms with Crippen LogP contribution < -0.4 is 0 Å². The minimum Gasteiger partial charge on any atom is -0.121 e. The highest BCUT2D eigenvalue weighted by Gasteiger charge is 2.43. The van der Waals surface area contributed by atoms with Gasteiger partial charge in [0.15, 0.2) is 8.07 Å². The summed E-state index contributed by atoms with van der Waals surface area (Å²) in [4.78, 5) is 1.48. The lowest BCUT2D eigenvalue weighted by Gasteiger charge is -2.30. The normalized spacial score (nSPS) is 16.2. The summed E-state index contributed by atoms with van der Waals surface area (Å²) in [6, 6.07) is 31.4. The van der Waals surface area contributed by atoms with Crippen molar-refractivity contribution < 1.29 is 1.37 Å². The van der Waals surface area contributed by atoms with E-state index in [1.807, 2.05) is 24.3 Å². The summed E-state index contributed by atoms with van der Waals surface area (Å²) >= 11 is 0. The lowest BCUT2D eigenvalue weighted by Crippen LogP contribution is -2.41. The number of hydrogen-bond donors (Lipinski definition) is 0. The molecule has 0 fully saturated rings. The van der Waals surface area contributed by atoms with Crippen molar-refractivity contribution in [2.75, 3.05) is 0 Å². The summed E-state index contributed by atoms with van der Waals surface area (Å²) < 4.78 is 9.29. The van der Waals surface area contributed by atoms with Gasteiger partial charge in [-0.2, -0.15) is 0 Å². The zero-order valence-electron chi connectivity index (χ0n) is 19.2. The van der Waals surface area contributed by atoms with Gasteiger partial charge in [0.1, 0.15) is 0 Å². The van der Waals surface area contributed by atoms with Crippen LogP contribution in [0.2, 0.25) is 26.2 Å². The molecule has 1 heterocycles. The lowest BCUT2D eigenvalue weighted by molar-refractivity contribution is 1.59. The molecule has 0 amide bonds. The first-order chi connectivity index (χ1) is 14.8. The summed E-state index contributed by atoms with van der Waals surface area (Å²) in [6.07, 6.45) is 0. The third-order valence-corrected chi connectivity index (χ3v) is 14.0. The van der Waals surface area contributed by atoms with Crippen LogP contribution in [-0.2, 0) is 0 Å². The molecule has 1 aliphatic rings. The van der Waals surface area contributed by atoms with Crippen LogP contribution in [0.4, 0.5) is 0 Å². The molecule has 0 saturated carbocycles. The van der Waals surface area contributed by atoms with Crippen molar-refractivity contribution in [2.45, 2.75) is 26.2 Å². The third kappa shape index (κ3) is 4.05. The average molecular weight is 422 g/mol. The number of allylic oxidation sites excluding steroid dienone is 2. The predicted molar refractivity (Wildman–Crippen MR) is 136 cm³/mol. The van der Waals surface area contributed by atoms with Gasteiger partial charge in [0, 0.05) is 5.56 Å². The summed E-state index contributed by atoms with van der Waals surface area (Å²) in [5.74, 6) is 3.46. The van der Waals surface area contributed by atoms with Gasteiger partial charge in [-0.3, -0.25) is 0 Å². The number of rotatable bonds is 3. The van der Waals surface area contributed by atoms with E-state index in [1.54, 1.807) is 0 Å². The molecule has 30 heavy (non-hydrogen) atoms. The molecule has 3 aromatic carbocycles. The van der Waals surface area contributed by atoms with Crippen LogP contribution in [0.1, 0.15) is 18.1 Å². The van der Waals surface area contributed by atoms with Crippen molar-refractivity contribution in [1.82, 2.24) is 0 Å². The van der Waals surface area contributed by atoms with Crippen LogP contribution in [0.15, 0.2) is 101 Å². The number of benzene rings is 3. The Morgan fingerprint density at radius 2 is 1.23 bits per heavy atom. The van der Waals surface area contributed by atoms with E-state index >= 15 is 0 Å². The first-order valence-corrected chi connectivity index (χ1v) is 16.5. The molecule has 4 rings (SSSR count). The molecule has 0 unspecified atom stereocenters. The highest BCUT2D eigenvalue weighted by Crippen LogP contribution is 2.47. The molecule has 0 bridgehead atoms. The maximum absolute atomic E-state index is 9.29. The van der Waals surface area contributed by atoms with E-state index in [0.29, 0.717) is 0 Å². The monoisotopic (exact) mass is 421 g/mol. The Morgan fingerprint density at radius 1 is 0.733 bits per heavy atom. The van der Waals surface area contributed by atoms with Gasteiger partial charge in [0.05, 0.1) is 9.44 Å². The molecule has 0 saturated heterocycles. The second-order valence-electron chi connectivity index (χ2n) is 8.85. The topological polar surface area (TPSA) is 0 Å². The fourth-order valence-corrected chi connectivity index (χ4v) is 14.5. The minimum absolute atomic E-state index is 0.828. The van der Waals surface area contributed by atoms with E-state index in [9.17, 15) is 1.37 Å². The Kier molecular flexibility index (Phi) is 5.16. The van der Waals surface area contributed by atoms with Gasteiger partial charge < -0.3 is 0 Å². The van der Waals surface area contributed by atoms with Crippen LogP contribution in [0, 0.1) is 11.5 Å². The first kappa shape index (κ1) is 19.1. The molecule has 148 valence electrons. The fraction of sp³-hybridized carbons (Fsp3) is 0.143. The molecule has 0 aliphatic carbocycles. The Bertz CT molecular complexity index is 1210. The van der Waals surface area contributed by atoms with Crippen molar-refractivity contribution in [3.63, 3.8) is 0 Å². The quantitative estimate of drug-likeness (QED) is 0.311. The van der Waals surface area contributed by atoms with Crippen molar-refractivity contribution >= 4 is 27.3 Å². The van der Waals surface area contributed by atoms with Crippen LogP contribution in [-0.4, -0.2) is 16.1 Å². The van der Waals surface area contributed by atoms with Gasteiger partial charge in [-0.15, -0.1) is 5.54 Å². The van der Waals surface area contributed by atoms with Gasteiger partial charge in [-0.25, -0.2) is 0 Å². The number of hydrogen-bond acceptors (Lipinski definition) is 0. The fourth-order valence-electron chi connectivity index (χ4n) is 4.50. The first-order valence-electron chi connectivity index (χ1n) is 11.0. The highest BCUT2D eigenvalue weighted by molar-refractivity contribution is 7.13. The largest absolute Gasteiger partial charge is 0.156 e. The van der Waals surface area contributed by atoms with E-state index in [4.69, 9.17) is 0 Å². The van der Waals surface area contributed by atoms with Gasteiger partial charge in [-0.05, 0) is 34.4 Å². The second-order valence-corrected chi connectivity index (χ2v) is 17.3. The van der Waals surface area contributed by atoms with E-state index in [2.05, 4.69) is 104 Å². The van der Waals surface area contributed by atoms with Gasteiger partial charge in [-0.1, -0.05) is 121 Å². The molecule has 0 atom stereocenters. The predicted octanol–water partition coefficient (Wildman–Crippen LogP) is 7.16. The lowest BCUT2D eigenvalue weighted by atomic mass is 9.95. The maximum atomic E-state index is 9.29. The minimum atomic E-state index is -2.15. The average Bonchev–Trinajstić information content (AvgIpc) is 3.01. The van der Waals surface area contributed by atoms with Gasteiger partial charge in [0.25, 0.3) is 0 Å². The molecule has 0 spiro atoms. The summed E-state index contributed by atoms with van der Waals surface area (Å²) in [7, 11) is -4.29. The molecule has 0 aromatic heterocycles. The van der Waals surface area contributed by atoms with E-state index in [-0.39, 0.29) is 0 Å². The molecule has 3 aromatic rings. The second kappa shape index (κ2) is 8.10. The Labute approximate surface area is 184 Å². The van der Waals surface area contributed by atoms with Crippen LogP contribution >= 0.6 is 0 Å². The van der Waals surface area contributed by atoms with E-state index < -0.39 is 16.1 Å². The van der Waals surface area contributed by atoms with Crippen molar-refractivity contribution in [3.8, 4) is 11.5 Å². The van der Waals surface area contributed by atoms with Crippen LogP contribution in [0.3, 0.4) is 0 Å². The standard InChI is InChI=1S/C28H28Si2/c1-29(2,21-20-23-14-8-5-9-15-23)28-27(25-18-12-7-13-19-25)26(22-30(28,3)4)24-16-10-6-11-17-24/h5-19,22H,1-4H3/i22D. The highest BCUT2D eigenvalue weighted by atomic mass is 28.4. The molecular formula is C28H28Si2. The molecule has 0 radical (unpaired) electrons. The molecule has 0 nitrogen and oxygen atoms in total. The van der Waals surface area contributed by atoms with E-state index in [1.165, 1.54) is 16.0 Å². The zero-order valence-corrected chi connectivity index (χ0v) is 20.2. The van der Waals surface area contributed by atoms with Gasteiger partial charge >= 0.3 is 0 Å². The Balaban J connectivity index is 1.98. The van der Waals surface area contributed by atoms with Crippen LogP contribution in [0.5, 0.6) is 0 Å². The van der Waals surface area contributed by atoms with Crippen molar-refractivity contribution in [3.05, 3.63) is 118 Å². The molecule has 1 aliphatic heterocycles. The summed E-state index contributed by atoms with van der Waals surface area (Å²) in [5.41, 5.74) is 10.3. The van der Waals surface area contributed by atoms with Crippen molar-refractivity contribution in [1.29, 1.82) is 0 Å². The van der Waals surface area contributed by atoms with Crippen molar-refractivity contribution in [2.24, 2.45) is 0 Å². The maximum Gasteiger partial charge on any atom is 0.156 e. The van der Waals surface area contributed by atoms with Crippen LogP contribution in [0.25, 0.3) is 11.1 Å². The summed E-state index contributed by atoms with van der Waals surface area (Å²) in [5, 5.41) is 0. The Hall–Kier alpha value is -2.87. The molecule has 0 N–H and O–H groups in total. The summed E-state index contributed by atoms with van der Waals surface area (Å²) in [6.45, 7) is 9.39. The molecule has 2 heteroatoms. The zero-order chi connectivity index (χ0) is 22.1. The van der Waals surface area contributed by atoms with E-state index in [0.717, 1.165) is 22.4 Å².